The van der Waals surface area contributed by atoms with E-state index in [4.69, 9.17) is 4.74 Å². The highest BCUT2D eigenvalue weighted by atomic mass is 16.5. The zero-order valence-electron chi connectivity index (χ0n) is 16.6. The number of aliphatic hydroxyl groups excluding tert-OH is 1. The maximum Gasteiger partial charge on any atom is 0.121 e. The van der Waals surface area contributed by atoms with Crippen molar-refractivity contribution in [3.05, 3.63) is 88.5 Å². The third-order valence-corrected chi connectivity index (χ3v) is 5.22. The summed E-state index contributed by atoms with van der Waals surface area (Å²) < 4.78 is 5.85. The van der Waals surface area contributed by atoms with E-state index < -0.39 is 0 Å². The van der Waals surface area contributed by atoms with Crippen LogP contribution in [0.5, 0.6) is 5.75 Å². The molecule has 1 unspecified atom stereocenters. The molecular weight excluding hydrogens is 348 g/mol. The molecule has 0 amide bonds. The van der Waals surface area contributed by atoms with Gasteiger partial charge in [-0.3, -0.25) is 0 Å². The van der Waals surface area contributed by atoms with Crippen LogP contribution in [0.3, 0.4) is 0 Å². The maximum atomic E-state index is 10.1. The normalized spacial score (nSPS) is 16.9. The number of aliphatic hydroxyl groups is 1. The van der Waals surface area contributed by atoms with Gasteiger partial charge in [0.25, 0.3) is 0 Å². The van der Waals surface area contributed by atoms with Crippen molar-refractivity contribution in [3.63, 3.8) is 0 Å². The fourth-order valence-corrected chi connectivity index (χ4v) is 3.69. The molecule has 0 aromatic heterocycles. The number of ether oxygens (including phenoxy) is 1. The summed E-state index contributed by atoms with van der Waals surface area (Å²) in [5, 5.41) is 19.5. The average Bonchev–Trinajstić information content (AvgIpc) is 3.18. The number of aromatic hydroxyl groups is 1. The zero-order chi connectivity index (χ0) is 20.1. The Balaban J connectivity index is 1.87. The molecule has 2 N–H and O–H groups in total. The van der Waals surface area contributed by atoms with E-state index in [1.54, 1.807) is 0 Å². The van der Waals surface area contributed by atoms with Crippen LogP contribution < -0.4 is 0 Å². The molecule has 1 aliphatic heterocycles. The van der Waals surface area contributed by atoms with Gasteiger partial charge in [-0.05, 0) is 77.8 Å². The fraction of sp³-hybridized carbons (Fsp3) is 0.280. The van der Waals surface area contributed by atoms with Gasteiger partial charge in [-0.2, -0.15) is 0 Å². The predicted octanol–water partition coefficient (Wildman–Crippen LogP) is 5.20. The molecule has 0 spiro atoms. The van der Waals surface area contributed by atoms with Crippen molar-refractivity contribution in [2.75, 3.05) is 13.2 Å². The smallest absolute Gasteiger partial charge is 0.121 e. The Kier molecular flexibility index (Phi) is 6.50. The molecule has 146 valence electrons. The van der Waals surface area contributed by atoms with Gasteiger partial charge in [0.05, 0.1) is 19.3 Å². The van der Waals surface area contributed by atoms with Crippen molar-refractivity contribution in [1.29, 1.82) is 0 Å². The molecule has 0 aliphatic carbocycles. The third kappa shape index (κ3) is 4.61. The number of benzene rings is 2. The Labute approximate surface area is 167 Å². The Morgan fingerprint density at radius 3 is 2.50 bits per heavy atom. The quantitative estimate of drug-likeness (QED) is 0.653. The third-order valence-electron chi connectivity index (χ3n) is 5.22. The fourth-order valence-electron chi connectivity index (χ4n) is 3.69. The largest absolute Gasteiger partial charge is 0.507 e. The van der Waals surface area contributed by atoms with Crippen LogP contribution in [0.2, 0.25) is 0 Å². The Morgan fingerprint density at radius 2 is 1.86 bits per heavy atom. The molecule has 0 radical (unpaired) electrons. The minimum atomic E-state index is -0.0425. The van der Waals surface area contributed by atoms with E-state index in [0.29, 0.717) is 12.4 Å². The van der Waals surface area contributed by atoms with Crippen LogP contribution in [0.1, 0.15) is 35.1 Å². The molecule has 0 fully saturated rings. The van der Waals surface area contributed by atoms with E-state index >= 15 is 0 Å². The molecule has 0 bridgehead atoms. The molecule has 1 atom stereocenters. The lowest BCUT2D eigenvalue weighted by atomic mass is 9.93. The minimum absolute atomic E-state index is 0.0324. The zero-order valence-corrected chi connectivity index (χ0v) is 16.6. The molecule has 3 rings (SSSR count). The van der Waals surface area contributed by atoms with Gasteiger partial charge in [0, 0.05) is 0 Å². The first-order valence-corrected chi connectivity index (χ1v) is 9.66. The summed E-state index contributed by atoms with van der Waals surface area (Å²) in [6.45, 7) is 8.32. The van der Waals surface area contributed by atoms with E-state index in [0.717, 1.165) is 40.7 Å². The molecule has 0 saturated heterocycles. The number of aryl methyl sites for hydroxylation is 2. The monoisotopic (exact) mass is 376 g/mol. The van der Waals surface area contributed by atoms with E-state index in [1.807, 2.05) is 50.3 Å². The predicted molar refractivity (Wildman–Crippen MR) is 115 cm³/mol. The van der Waals surface area contributed by atoms with Crippen molar-refractivity contribution in [1.82, 2.24) is 0 Å². The minimum Gasteiger partial charge on any atom is -0.507 e. The van der Waals surface area contributed by atoms with Crippen molar-refractivity contribution >= 4 is 11.6 Å². The van der Waals surface area contributed by atoms with Gasteiger partial charge in [0.1, 0.15) is 5.75 Å². The highest BCUT2D eigenvalue weighted by molar-refractivity contribution is 5.82. The maximum absolute atomic E-state index is 10.1. The second-order valence-corrected chi connectivity index (χ2v) is 7.32. The summed E-state index contributed by atoms with van der Waals surface area (Å²) in [6.07, 6.45) is 5.83. The van der Waals surface area contributed by atoms with Crippen LogP contribution in [-0.4, -0.2) is 29.5 Å². The van der Waals surface area contributed by atoms with Crippen LogP contribution in [0.25, 0.3) is 11.6 Å². The molecule has 1 aliphatic rings. The first-order valence-electron chi connectivity index (χ1n) is 9.66. The van der Waals surface area contributed by atoms with Crippen LogP contribution in [-0.2, 0) is 4.74 Å². The summed E-state index contributed by atoms with van der Waals surface area (Å²) in [5.41, 5.74) is 6.98. The number of hydrogen-bond acceptors (Lipinski definition) is 3. The van der Waals surface area contributed by atoms with Gasteiger partial charge in [0.2, 0.25) is 0 Å². The molecule has 28 heavy (non-hydrogen) atoms. The van der Waals surface area contributed by atoms with Gasteiger partial charge in [0.15, 0.2) is 0 Å². The SMILES string of the molecule is C=C(CO)C1=CCOC1CC/C(=C/c1cc(C)c(O)c(C)c1)c1ccccc1. The standard InChI is InChI=1S/C25H28O3/c1-17-13-20(14-18(2)25(17)27)15-22(21-7-5-4-6-8-21)9-10-24-23(11-12-28-24)19(3)16-26/h4-8,11,13-15,24,26-27H,3,9-10,12,16H2,1-2H3/b22-15-. The molecule has 0 saturated carbocycles. The number of phenols is 1. The van der Waals surface area contributed by atoms with Gasteiger partial charge in [-0.1, -0.05) is 49.1 Å². The van der Waals surface area contributed by atoms with Gasteiger partial charge >= 0.3 is 0 Å². The first kappa shape index (κ1) is 20.1. The van der Waals surface area contributed by atoms with Crippen molar-refractivity contribution in [3.8, 4) is 5.75 Å². The Morgan fingerprint density at radius 1 is 1.18 bits per heavy atom. The molecular formula is C25H28O3. The Bertz CT molecular complexity index is 884. The summed E-state index contributed by atoms with van der Waals surface area (Å²) in [5.74, 6) is 0.357. The van der Waals surface area contributed by atoms with E-state index in [9.17, 15) is 10.2 Å². The summed E-state index contributed by atoms with van der Waals surface area (Å²) in [6, 6.07) is 14.4. The molecule has 2 aromatic rings. The van der Waals surface area contributed by atoms with Gasteiger partial charge < -0.3 is 14.9 Å². The number of hydrogen-bond donors (Lipinski definition) is 2. The second-order valence-electron chi connectivity index (χ2n) is 7.32. The van der Waals surface area contributed by atoms with Crippen LogP contribution in [0, 0.1) is 13.8 Å². The average molecular weight is 376 g/mol. The number of rotatable bonds is 7. The lowest BCUT2D eigenvalue weighted by Crippen LogP contribution is -2.13. The van der Waals surface area contributed by atoms with E-state index in [1.165, 1.54) is 11.1 Å². The van der Waals surface area contributed by atoms with E-state index in [2.05, 4.69) is 24.8 Å². The number of allylic oxidation sites excluding steroid dienone is 1. The second kappa shape index (κ2) is 9.05. The molecule has 1 heterocycles. The van der Waals surface area contributed by atoms with Crippen LogP contribution in [0.15, 0.2) is 66.3 Å². The summed E-state index contributed by atoms with van der Waals surface area (Å²) in [4.78, 5) is 0. The Hall–Kier alpha value is -2.62. The molecule has 2 aromatic carbocycles. The highest BCUT2D eigenvalue weighted by Gasteiger charge is 2.22. The topological polar surface area (TPSA) is 49.7 Å². The molecule has 3 heteroatoms. The lowest BCUT2D eigenvalue weighted by Gasteiger charge is -2.17. The highest BCUT2D eigenvalue weighted by Crippen LogP contribution is 2.31. The lowest BCUT2D eigenvalue weighted by molar-refractivity contribution is 0.117. The van der Waals surface area contributed by atoms with Crippen molar-refractivity contribution < 1.29 is 14.9 Å². The summed E-state index contributed by atoms with van der Waals surface area (Å²) in [7, 11) is 0. The van der Waals surface area contributed by atoms with Crippen molar-refractivity contribution in [2.24, 2.45) is 0 Å². The van der Waals surface area contributed by atoms with Crippen LogP contribution >= 0.6 is 0 Å². The van der Waals surface area contributed by atoms with Gasteiger partial charge in [-0.15, -0.1) is 0 Å². The van der Waals surface area contributed by atoms with Gasteiger partial charge in [-0.25, -0.2) is 0 Å². The summed E-state index contributed by atoms with van der Waals surface area (Å²) >= 11 is 0. The first-order chi connectivity index (χ1) is 13.5. The van der Waals surface area contributed by atoms with Crippen molar-refractivity contribution in [2.45, 2.75) is 32.8 Å². The molecule has 3 nitrogen and oxygen atoms in total. The van der Waals surface area contributed by atoms with E-state index in [-0.39, 0.29) is 12.7 Å². The number of phenolic OH excluding ortho intramolecular Hbond substituents is 1. The van der Waals surface area contributed by atoms with Crippen LogP contribution in [0.4, 0.5) is 0 Å².